The van der Waals surface area contributed by atoms with Crippen molar-refractivity contribution in [3.63, 3.8) is 0 Å². The Hall–Kier alpha value is -3.59. The first-order valence-corrected chi connectivity index (χ1v) is 13.7. The molecular weight excluding hydrogens is 478 g/mol. The number of nitrogens with one attached hydrogen (secondary N) is 2. The number of rotatable bonds is 7. The molecule has 2 N–H and O–H groups in total. The Balaban J connectivity index is 1.30. The molecule has 9 nitrogen and oxygen atoms in total. The van der Waals surface area contributed by atoms with Gasteiger partial charge < -0.3 is 24.7 Å². The Kier molecular flexibility index (Phi) is 6.26. The molecule has 3 aromatic heterocycles. The van der Waals surface area contributed by atoms with Gasteiger partial charge in [-0.3, -0.25) is 14.5 Å². The third-order valence-electron chi connectivity index (χ3n) is 7.50. The number of nitrogens with zero attached hydrogens (tertiary/aromatic N) is 5. The van der Waals surface area contributed by atoms with Crippen molar-refractivity contribution in [2.75, 3.05) is 23.3 Å². The number of carbonyl (C=O) groups excluding carboxylic acids is 1. The van der Waals surface area contributed by atoms with Gasteiger partial charge >= 0.3 is 0 Å². The molecule has 0 unspecified atom stereocenters. The minimum absolute atomic E-state index is 0.0528. The van der Waals surface area contributed by atoms with Crippen molar-refractivity contribution < 1.29 is 9.53 Å². The second kappa shape index (κ2) is 9.62. The molecule has 9 heteroatoms. The Bertz CT molecular complexity index is 1510. The highest BCUT2D eigenvalue weighted by Crippen LogP contribution is 2.36. The Labute approximate surface area is 223 Å². The molecule has 1 aliphatic carbocycles. The van der Waals surface area contributed by atoms with Crippen LogP contribution in [-0.2, 0) is 7.05 Å². The summed E-state index contributed by atoms with van der Waals surface area (Å²) in [4.78, 5) is 20.7. The van der Waals surface area contributed by atoms with E-state index >= 15 is 0 Å². The van der Waals surface area contributed by atoms with E-state index < -0.39 is 0 Å². The average molecular weight is 516 g/mol. The van der Waals surface area contributed by atoms with Gasteiger partial charge in [0.15, 0.2) is 5.75 Å². The lowest BCUT2D eigenvalue weighted by Gasteiger charge is -2.34. The molecule has 1 amide bonds. The summed E-state index contributed by atoms with van der Waals surface area (Å²) in [6.45, 7) is 9.88. The quantitative estimate of drug-likeness (QED) is 0.374. The molecule has 0 radical (unpaired) electrons. The summed E-state index contributed by atoms with van der Waals surface area (Å²) in [6, 6.07) is 5.33. The van der Waals surface area contributed by atoms with E-state index in [-0.39, 0.29) is 12.0 Å². The van der Waals surface area contributed by atoms with Gasteiger partial charge in [0.05, 0.1) is 23.1 Å². The number of anilines is 2. The fraction of sp³-hybridized carbons (Fsp3) is 0.483. The third kappa shape index (κ3) is 4.71. The van der Waals surface area contributed by atoms with E-state index in [0.717, 1.165) is 60.0 Å². The zero-order valence-corrected chi connectivity index (χ0v) is 22.9. The van der Waals surface area contributed by atoms with E-state index in [0.29, 0.717) is 28.6 Å². The maximum absolute atomic E-state index is 13.7. The van der Waals surface area contributed by atoms with Gasteiger partial charge in [0, 0.05) is 61.9 Å². The lowest BCUT2D eigenvalue weighted by molar-refractivity contribution is 0.102. The number of aromatic nitrogens is 4. The summed E-state index contributed by atoms with van der Waals surface area (Å²) in [7, 11) is 1.91. The van der Waals surface area contributed by atoms with Crippen LogP contribution in [0.3, 0.4) is 0 Å². The van der Waals surface area contributed by atoms with Gasteiger partial charge in [0.1, 0.15) is 16.7 Å². The molecule has 1 aliphatic heterocycles. The number of hydrogen-bond acceptors (Lipinski definition) is 6. The van der Waals surface area contributed by atoms with Gasteiger partial charge in [-0.05, 0) is 65.5 Å². The highest BCUT2D eigenvalue weighted by molar-refractivity contribution is 6.14. The maximum atomic E-state index is 13.7. The Morgan fingerprint density at radius 1 is 1.05 bits per heavy atom. The van der Waals surface area contributed by atoms with Gasteiger partial charge in [0.25, 0.3) is 5.91 Å². The number of fused-ring (bicyclic) bond motifs is 2. The van der Waals surface area contributed by atoms with Crippen molar-refractivity contribution in [2.45, 2.75) is 71.6 Å². The summed E-state index contributed by atoms with van der Waals surface area (Å²) in [5.41, 5.74) is 5.64. The van der Waals surface area contributed by atoms with Crippen LogP contribution in [0.5, 0.6) is 5.75 Å². The number of carbonyl (C=O) groups is 1. The molecule has 200 valence electrons. The van der Waals surface area contributed by atoms with Gasteiger partial charge in [-0.15, -0.1) is 0 Å². The Morgan fingerprint density at radius 2 is 1.79 bits per heavy atom. The van der Waals surface area contributed by atoms with Crippen molar-refractivity contribution in [3.05, 3.63) is 47.7 Å². The van der Waals surface area contributed by atoms with E-state index in [4.69, 9.17) is 9.84 Å². The number of aryl methyl sites for hydroxylation is 3. The molecule has 0 atom stereocenters. The predicted molar refractivity (Wildman–Crippen MR) is 150 cm³/mol. The van der Waals surface area contributed by atoms with Crippen LogP contribution >= 0.6 is 0 Å². The van der Waals surface area contributed by atoms with Crippen LogP contribution in [0.15, 0.2) is 30.7 Å². The lowest BCUT2D eigenvalue weighted by Crippen LogP contribution is -2.43. The SMILES string of the molecule is Cc1cn2cc(NC(=O)c3ccc(N4CCC(NC5CC5)CC4)c4cn(C)nc34)c(OC(C)C)c2c(C)n1. The van der Waals surface area contributed by atoms with E-state index in [1.807, 2.05) is 63.8 Å². The lowest BCUT2D eigenvalue weighted by atomic mass is 10.0. The summed E-state index contributed by atoms with van der Waals surface area (Å²) in [6.07, 6.45) is 10.7. The van der Waals surface area contributed by atoms with Crippen LogP contribution in [0.2, 0.25) is 0 Å². The average Bonchev–Trinajstić information content (AvgIpc) is 3.49. The fourth-order valence-corrected chi connectivity index (χ4v) is 5.68. The monoisotopic (exact) mass is 515 g/mol. The normalized spacial score (nSPS) is 16.6. The van der Waals surface area contributed by atoms with Crippen LogP contribution in [0.25, 0.3) is 16.4 Å². The van der Waals surface area contributed by atoms with Crippen LogP contribution in [0.1, 0.15) is 61.3 Å². The summed E-state index contributed by atoms with van der Waals surface area (Å²) in [5, 5.41) is 12.6. The molecule has 1 aromatic carbocycles. The Morgan fingerprint density at radius 3 is 2.50 bits per heavy atom. The zero-order chi connectivity index (χ0) is 26.6. The molecule has 38 heavy (non-hydrogen) atoms. The van der Waals surface area contributed by atoms with Crippen LogP contribution in [0, 0.1) is 13.8 Å². The summed E-state index contributed by atoms with van der Waals surface area (Å²) < 4.78 is 9.95. The van der Waals surface area contributed by atoms with Gasteiger partial charge in [0.2, 0.25) is 0 Å². The van der Waals surface area contributed by atoms with E-state index in [9.17, 15) is 4.79 Å². The molecule has 4 heterocycles. The molecule has 4 aromatic rings. The maximum Gasteiger partial charge on any atom is 0.258 e. The molecular formula is C29H37N7O2. The van der Waals surface area contributed by atoms with Crippen molar-refractivity contribution in [1.82, 2.24) is 24.5 Å². The number of amides is 1. The molecule has 0 spiro atoms. The predicted octanol–water partition coefficient (Wildman–Crippen LogP) is 4.60. The first kappa shape index (κ1) is 24.7. The second-order valence-corrected chi connectivity index (χ2v) is 11.1. The molecule has 2 fully saturated rings. The van der Waals surface area contributed by atoms with Crippen molar-refractivity contribution in [2.24, 2.45) is 7.05 Å². The summed E-state index contributed by atoms with van der Waals surface area (Å²) >= 11 is 0. The first-order valence-electron chi connectivity index (χ1n) is 13.7. The van der Waals surface area contributed by atoms with Gasteiger partial charge in [-0.2, -0.15) is 5.10 Å². The van der Waals surface area contributed by atoms with E-state index in [2.05, 4.69) is 26.6 Å². The van der Waals surface area contributed by atoms with Crippen LogP contribution < -0.4 is 20.3 Å². The minimum Gasteiger partial charge on any atom is -0.486 e. The smallest absolute Gasteiger partial charge is 0.258 e. The molecule has 1 saturated heterocycles. The molecule has 6 rings (SSSR count). The highest BCUT2D eigenvalue weighted by Gasteiger charge is 2.28. The van der Waals surface area contributed by atoms with Gasteiger partial charge in [-0.1, -0.05) is 0 Å². The van der Waals surface area contributed by atoms with Crippen molar-refractivity contribution in [3.8, 4) is 5.75 Å². The highest BCUT2D eigenvalue weighted by atomic mass is 16.5. The zero-order valence-electron chi connectivity index (χ0n) is 22.9. The molecule has 2 aliphatic rings. The standard InChI is InChI=1S/C29H37N7O2/c1-17(2)38-28-24(16-36-14-18(3)30-19(4)27(28)36)32-29(37)22-8-9-25(23-15-34(5)33-26(22)23)35-12-10-21(11-13-35)31-20-6-7-20/h8-9,14-17,20-21,31H,6-7,10-13H2,1-5H3,(H,32,37). The van der Waals surface area contributed by atoms with E-state index in [1.54, 1.807) is 4.68 Å². The number of hydrogen-bond donors (Lipinski definition) is 2. The second-order valence-electron chi connectivity index (χ2n) is 11.1. The van der Waals surface area contributed by atoms with Crippen molar-refractivity contribution >= 4 is 33.7 Å². The molecule has 0 bridgehead atoms. The van der Waals surface area contributed by atoms with E-state index in [1.165, 1.54) is 12.8 Å². The van der Waals surface area contributed by atoms with Crippen LogP contribution in [0.4, 0.5) is 11.4 Å². The minimum atomic E-state index is -0.209. The van der Waals surface area contributed by atoms with Gasteiger partial charge in [-0.25, -0.2) is 0 Å². The number of benzene rings is 1. The topological polar surface area (TPSA) is 88.7 Å². The fourth-order valence-electron chi connectivity index (χ4n) is 5.68. The number of ether oxygens (including phenoxy) is 1. The number of piperidine rings is 1. The third-order valence-corrected chi connectivity index (χ3v) is 7.50. The van der Waals surface area contributed by atoms with Crippen LogP contribution in [-0.4, -0.2) is 56.3 Å². The van der Waals surface area contributed by atoms with Crippen molar-refractivity contribution in [1.29, 1.82) is 0 Å². The molecule has 1 saturated carbocycles. The largest absolute Gasteiger partial charge is 0.486 e. The summed E-state index contributed by atoms with van der Waals surface area (Å²) in [5.74, 6) is 0.425. The first-order chi connectivity index (χ1) is 18.3.